The molecule has 0 aliphatic rings. The van der Waals surface area contributed by atoms with Gasteiger partial charge in [-0.2, -0.15) is 0 Å². The van der Waals surface area contributed by atoms with Crippen molar-refractivity contribution >= 4 is 41.0 Å². The zero-order valence-corrected chi connectivity index (χ0v) is 5.12. The molecule has 0 saturated heterocycles. The predicted molar refractivity (Wildman–Crippen MR) is 35.6 cm³/mol. The molecule has 0 aliphatic carbocycles. The summed E-state index contributed by atoms with van der Waals surface area (Å²) in [6, 6.07) is 0. The van der Waals surface area contributed by atoms with Gasteiger partial charge < -0.3 is 6.15 Å². The SMILES string of the molecule is N.S=C(S)S. The Labute approximate surface area is 47.5 Å². The first kappa shape index (κ1) is 9.23. The van der Waals surface area contributed by atoms with Gasteiger partial charge in [0.25, 0.3) is 0 Å². The first-order valence-corrected chi connectivity index (χ1v) is 1.95. The van der Waals surface area contributed by atoms with E-state index in [9.17, 15) is 0 Å². The van der Waals surface area contributed by atoms with Gasteiger partial charge in [-0.25, -0.2) is 0 Å². The molecule has 0 fully saturated rings. The third-order valence-corrected chi connectivity index (χ3v) is 0. The minimum atomic E-state index is 0. The van der Waals surface area contributed by atoms with Crippen molar-refractivity contribution in [3.8, 4) is 0 Å². The molecule has 32 valence electrons. The summed E-state index contributed by atoms with van der Waals surface area (Å²) in [7, 11) is 0. The first-order valence-electron chi connectivity index (χ1n) is 0.651. The maximum Gasteiger partial charge on any atom is 0.0976 e. The number of hydrogen-bond donors (Lipinski definition) is 3. The molecule has 0 bridgehead atoms. The van der Waals surface area contributed by atoms with Crippen LogP contribution >= 0.6 is 37.5 Å². The quantitative estimate of drug-likeness (QED) is 0.339. The Morgan fingerprint density at radius 3 is 1.40 bits per heavy atom. The molecule has 0 atom stereocenters. The lowest BCUT2D eigenvalue weighted by molar-refractivity contribution is 2.13. The molecule has 5 heavy (non-hydrogen) atoms. The molecule has 0 radical (unpaired) electrons. The van der Waals surface area contributed by atoms with Crippen molar-refractivity contribution in [2.75, 3.05) is 0 Å². The third kappa shape index (κ3) is 63.9. The topological polar surface area (TPSA) is 35.0 Å². The van der Waals surface area contributed by atoms with Crippen LogP contribution in [0.5, 0.6) is 0 Å². The first-order chi connectivity index (χ1) is 1.73. The van der Waals surface area contributed by atoms with Crippen LogP contribution in [0.25, 0.3) is 0 Å². The normalized spacial score (nSPS) is 5.20. The molecule has 0 aromatic carbocycles. The Kier molecular flexibility index (Phi) is 8.76. The highest BCUT2D eigenvalue weighted by Crippen LogP contribution is 1.83. The van der Waals surface area contributed by atoms with Crippen molar-refractivity contribution in [2.45, 2.75) is 0 Å². The lowest BCUT2D eigenvalue weighted by atomic mass is 11.9. The van der Waals surface area contributed by atoms with Crippen molar-refractivity contribution in [1.29, 1.82) is 0 Å². The predicted octanol–water partition coefficient (Wildman–Crippen LogP) is 1.29. The van der Waals surface area contributed by atoms with Crippen LogP contribution in [0.1, 0.15) is 0 Å². The van der Waals surface area contributed by atoms with Crippen molar-refractivity contribution in [3.05, 3.63) is 0 Å². The smallest absolute Gasteiger partial charge is 0.0976 e. The Hall–Kier alpha value is 0.750. The van der Waals surface area contributed by atoms with Gasteiger partial charge in [-0.15, -0.1) is 25.3 Å². The molecule has 0 aromatic rings. The van der Waals surface area contributed by atoms with Crippen LogP contribution in [-0.4, -0.2) is 3.53 Å². The lowest BCUT2D eigenvalue weighted by Gasteiger charge is -1.59. The molecule has 0 unspecified atom stereocenters. The van der Waals surface area contributed by atoms with E-state index in [1.54, 1.807) is 0 Å². The van der Waals surface area contributed by atoms with Gasteiger partial charge in [-0.1, -0.05) is 12.2 Å². The summed E-state index contributed by atoms with van der Waals surface area (Å²) in [6.45, 7) is 0. The summed E-state index contributed by atoms with van der Waals surface area (Å²) in [5.41, 5.74) is 0. The van der Waals surface area contributed by atoms with Crippen LogP contribution in [0.4, 0.5) is 0 Å². The molecule has 0 spiro atoms. The molecular weight excluding hydrogens is 122 g/mol. The Morgan fingerprint density at radius 1 is 1.40 bits per heavy atom. The summed E-state index contributed by atoms with van der Waals surface area (Å²) in [5, 5.41) is 0. The Morgan fingerprint density at radius 2 is 1.40 bits per heavy atom. The molecule has 0 saturated carbocycles. The number of rotatable bonds is 0. The van der Waals surface area contributed by atoms with E-state index in [1.165, 1.54) is 0 Å². The molecule has 3 N–H and O–H groups in total. The van der Waals surface area contributed by atoms with Crippen LogP contribution in [0.15, 0.2) is 0 Å². The Bertz CT molecular complexity index is 29.9. The van der Waals surface area contributed by atoms with Crippen LogP contribution in [0.3, 0.4) is 0 Å². The van der Waals surface area contributed by atoms with Gasteiger partial charge >= 0.3 is 0 Å². The highest BCUT2D eigenvalue weighted by atomic mass is 32.2. The highest BCUT2D eigenvalue weighted by molar-refractivity contribution is 8.34. The van der Waals surface area contributed by atoms with Crippen molar-refractivity contribution in [1.82, 2.24) is 6.15 Å². The van der Waals surface area contributed by atoms with Crippen LogP contribution < -0.4 is 6.15 Å². The summed E-state index contributed by atoms with van der Waals surface area (Å²) >= 11 is 11.4. The van der Waals surface area contributed by atoms with E-state index >= 15 is 0 Å². The van der Waals surface area contributed by atoms with E-state index in [4.69, 9.17) is 0 Å². The minimum Gasteiger partial charge on any atom is -0.344 e. The average Bonchev–Trinajstić information content (AvgIpc) is 0.811. The van der Waals surface area contributed by atoms with E-state index in [0.29, 0.717) is 3.53 Å². The van der Waals surface area contributed by atoms with Crippen LogP contribution in [0, 0.1) is 0 Å². The second kappa shape index (κ2) is 4.75. The Balaban J connectivity index is 0. The largest absolute Gasteiger partial charge is 0.344 e. The van der Waals surface area contributed by atoms with Gasteiger partial charge in [0.15, 0.2) is 0 Å². The van der Waals surface area contributed by atoms with Gasteiger partial charge in [-0.3, -0.25) is 0 Å². The molecule has 1 nitrogen and oxygen atoms in total. The molecular formula is CH5NS3. The lowest BCUT2D eigenvalue weighted by Crippen LogP contribution is -1.46. The fourth-order valence-electron chi connectivity index (χ4n) is 0. The fraction of sp³-hybridized carbons (Fsp3) is 0. The van der Waals surface area contributed by atoms with Crippen molar-refractivity contribution in [3.63, 3.8) is 0 Å². The molecule has 0 amide bonds. The van der Waals surface area contributed by atoms with Crippen molar-refractivity contribution < 1.29 is 0 Å². The standard InChI is InChI=1S/CH2S3.H3N/c2-1(3)4;/h(H2,2,3,4);1H3. The van der Waals surface area contributed by atoms with E-state index < -0.39 is 0 Å². The zero-order chi connectivity index (χ0) is 3.58. The number of hydrogen-bond acceptors (Lipinski definition) is 2. The van der Waals surface area contributed by atoms with Gasteiger partial charge in [0.05, 0.1) is 3.53 Å². The summed E-state index contributed by atoms with van der Waals surface area (Å²) < 4.78 is 0.389. The highest BCUT2D eigenvalue weighted by Gasteiger charge is 1.58. The molecule has 0 aliphatic heterocycles. The molecule has 0 rings (SSSR count). The van der Waals surface area contributed by atoms with E-state index in [0.717, 1.165) is 0 Å². The molecule has 4 heteroatoms. The number of thiol groups is 2. The van der Waals surface area contributed by atoms with E-state index in [2.05, 4.69) is 37.5 Å². The van der Waals surface area contributed by atoms with Crippen LogP contribution in [0.2, 0.25) is 0 Å². The zero-order valence-electron chi connectivity index (χ0n) is 2.51. The van der Waals surface area contributed by atoms with Crippen LogP contribution in [-0.2, 0) is 0 Å². The fourth-order valence-corrected chi connectivity index (χ4v) is 0. The van der Waals surface area contributed by atoms with Gasteiger partial charge in [0.2, 0.25) is 0 Å². The van der Waals surface area contributed by atoms with Gasteiger partial charge in [-0.05, 0) is 0 Å². The maximum absolute atomic E-state index is 4.27. The van der Waals surface area contributed by atoms with Gasteiger partial charge in [0, 0.05) is 0 Å². The average molecular weight is 127 g/mol. The second-order valence-electron chi connectivity index (χ2n) is 0.283. The maximum atomic E-state index is 4.27. The van der Waals surface area contributed by atoms with E-state index in [-0.39, 0.29) is 6.15 Å². The summed E-state index contributed by atoms with van der Waals surface area (Å²) in [4.78, 5) is 0. The molecule has 0 aromatic heterocycles. The summed E-state index contributed by atoms with van der Waals surface area (Å²) in [5.74, 6) is 0. The second-order valence-corrected chi connectivity index (χ2v) is 2.54. The minimum absolute atomic E-state index is 0. The summed E-state index contributed by atoms with van der Waals surface area (Å²) in [6.07, 6.45) is 0. The van der Waals surface area contributed by atoms with E-state index in [1.807, 2.05) is 0 Å². The monoisotopic (exact) mass is 127 g/mol. The van der Waals surface area contributed by atoms with Crippen molar-refractivity contribution in [2.24, 2.45) is 0 Å². The molecule has 0 heterocycles. The van der Waals surface area contributed by atoms with Gasteiger partial charge in [0.1, 0.15) is 0 Å². The third-order valence-electron chi connectivity index (χ3n) is 0. The number of thiocarbonyl (C=S) groups is 1.